The first-order valence-electron chi connectivity index (χ1n) is 7.15. The summed E-state index contributed by atoms with van der Waals surface area (Å²) in [6.45, 7) is 1.72. The molecule has 3 saturated heterocycles. The van der Waals surface area contributed by atoms with Crippen molar-refractivity contribution in [3.05, 3.63) is 30.1 Å². The normalized spacial score (nSPS) is 33.5. The van der Waals surface area contributed by atoms with Crippen molar-refractivity contribution in [1.82, 2.24) is 9.88 Å². The van der Waals surface area contributed by atoms with E-state index in [0.29, 0.717) is 17.9 Å². The van der Waals surface area contributed by atoms with Gasteiger partial charge in [0.1, 0.15) is 0 Å². The Labute approximate surface area is 112 Å². The lowest BCUT2D eigenvalue weighted by Gasteiger charge is -2.41. The van der Waals surface area contributed by atoms with Crippen LogP contribution >= 0.6 is 0 Å². The summed E-state index contributed by atoms with van der Waals surface area (Å²) in [6, 6.07) is 4.10. The second-order valence-electron chi connectivity index (χ2n) is 5.94. The van der Waals surface area contributed by atoms with Gasteiger partial charge in [-0.2, -0.15) is 0 Å². The van der Waals surface area contributed by atoms with Gasteiger partial charge in [0, 0.05) is 31.4 Å². The number of aromatic nitrogens is 1. The van der Waals surface area contributed by atoms with E-state index in [4.69, 9.17) is 4.74 Å². The van der Waals surface area contributed by atoms with Crippen LogP contribution in [0.15, 0.2) is 24.5 Å². The third kappa shape index (κ3) is 1.86. The number of hydrogen-bond donors (Lipinski definition) is 0. The van der Waals surface area contributed by atoms with Gasteiger partial charge in [-0.1, -0.05) is 0 Å². The first kappa shape index (κ1) is 11.4. The van der Waals surface area contributed by atoms with Crippen LogP contribution in [0.5, 0.6) is 0 Å². The number of carbonyl (C=O) groups is 1. The molecule has 0 radical (unpaired) electrons. The predicted octanol–water partition coefficient (Wildman–Crippen LogP) is 1.57. The molecule has 0 unspecified atom stereocenters. The Morgan fingerprint density at radius 2 is 2.05 bits per heavy atom. The van der Waals surface area contributed by atoms with Crippen molar-refractivity contribution >= 4 is 5.91 Å². The highest BCUT2D eigenvalue weighted by Gasteiger charge is 2.47. The molecule has 0 aliphatic carbocycles. The van der Waals surface area contributed by atoms with Gasteiger partial charge >= 0.3 is 0 Å². The van der Waals surface area contributed by atoms with Gasteiger partial charge in [-0.3, -0.25) is 9.78 Å². The molecular formula is C15H18N2O2. The maximum Gasteiger partial charge on any atom is 0.228 e. The molecule has 1 aromatic heterocycles. The van der Waals surface area contributed by atoms with Crippen LogP contribution in [0.4, 0.5) is 0 Å². The van der Waals surface area contributed by atoms with E-state index in [9.17, 15) is 4.79 Å². The fourth-order valence-corrected chi connectivity index (χ4v) is 3.64. The van der Waals surface area contributed by atoms with E-state index < -0.39 is 0 Å². The van der Waals surface area contributed by atoms with E-state index in [-0.39, 0.29) is 12.0 Å². The van der Waals surface area contributed by atoms with Crippen molar-refractivity contribution in [3.8, 4) is 0 Å². The van der Waals surface area contributed by atoms with Crippen LogP contribution in [0.2, 0.25) is 0 Å². The Morgan fingerprint density at radius 1 is 1.26 bits per heavy atom. The molecule has 1 aromatic rings. The summed E-state index contributed by atoms with van der Waals surface area (Å²) in [6.07, 6.45) is 7.37. The van der Waals surface area contributed by atoms with Crippen molar-refractivity contribution in [2.24, 2.45) is 5.92 Å². The zero-order valence-corrected chi connectivity index (χ0v) is 10.9. The molecule has 1 amide bonds. The summed E-state index contributed by atoms with van der Waals surface area (Å²) in [5.74, 6) is 0.945. The zero-order chi connectivity index (χ0) is 12.8. The van der Waals surface area contributed by atoms with Crippen LogP contribution in [0, 0.1) is 5.92 Å². The maximum absolute atomic E-state index is 12.4. The molecule has 3 aliphatic heterocycles. The molecule has 0 saturated carbocycles. The Hall–Kier alpha value is -1.42. The molecule has 100 valence electrons. The van der Waals surface area contributed by atoms with Crippen molar-refractivity contribution < 1.29 is 9.53 Å². The molecule has 0 N–H and O–H groups in total. The molecule has 4 nitrogen and oxygen atoms in total. The van der Waals surface area contributed by atoms with Gasteiger partial charge in [0.15, 0.2) is 0 Å². The van der Waals surface area contributed by atoms with Crippen LogP contribution in [0.25, 0.3) is 0 Å². The molecule has 0 spiro atoms. The van der Waals surface area contributed by atoms with Gasteiger partial charge in [-0.05, 0) is 37.0 Å². The van der Waals surface area contributed by atoms with Gasteiger partial charge in [0.2, 0.25) is 5.91 Å². The Morgan fingerprint density at radius 3 is 2.68 bits per heavy atom. The molecule has 0 aromatic carbocycles. The summed E-state index contributed by atoms with van der Waals surface area (Å²) in [5.41, 5.74) is 1.29. The summed E-state index contributed by atoms with van der Waals surface area (Å²) in [5, 5.41) is 0. The average molecular weight is 258 g/mol. The average Bonchev–Trinajstić information content (AvgIpc) is 3.00. The SMILES string of the molecule is O=C([C@H]1C[C@@H]2CC[C@H]1O2)N1CC(c2ccncc2)C1. The monoisotopic (exact) mass is 258 g/mol. The smallest absolute Gasteiger partial charge is 0.228 e. The van der Waals surface area contributed by atoms with Crippen molar-refractivity contribution in [2.75, 3.05) is 13.1 Å². The zero-order valence-electron chi connectivity index (χ0n) is 10.9. The van der Waals surface area contributed by atoms with E-state index in [2.05, 4.69) is 4.98 Å². The highest BCUT2D eigenvalue weighted by molar-refractivity contribution is 5.81. The third-order valence-corrected chi connectivity index (χ3v) is 4.79. The fourth-order valence-electron chi connectivity index (χ4n) is 3.64. The van der Waals surface area contributed by atoms with Crippen LogP contribution < -0.4 is 0 Å². The van der Waals surface area contributed by atoms with Crippen LogP contribution in [0.3, 0.4) is 0 Å². The summed E-state index contributed by atoms with van der Waals surface area (Å²) < 4.78 is 5.78. The molecule has 4 heterocycles. The fraction of sp³-hybridized carbons (Fsp3) is 0.600. The Balaban J connectivity index is 1.37. The molecule has 3 fully saturated rings. The summed E-state index contributed by atoms with van der Waals surface area (Å²) >= 11 is 0. The van der Waals surface area contributed by atoms with Crippen molar-refractivity contribution in [3.63, 3.8) is 0 Å². The molecule has 3 aliphatic rings. The maximum atomic E-state index is 12.4. The second kappa shape index (κ2) is 4.30. The van der Waals surface area contributed by atoms with Crippen molar-refractivity contribution in [1.29, 1.82) is 0 Å². The number of nitrogens with zero attached hydrogens (tertiary/aromatic N) is 2. The van der Waals surface area contributed by atoms with Crippen LogP contribution in [-0.4, -0.2) is 41.1 Å². The van der Waals surface area contributed by atoms with E-state index in [1.165, 1.54) is 5.56 Å². The van der Waals surface area contributed by atoms with Crippen LogP contribution in [0.1, 0.15) is 30.7 Å². The van der Waals surface area contributed by atoms with E-state index in [1.54, 1.807) is 0 Å². The minimum atomic E-state index is 0.136. The lowest BCUT2D eigenvalue weighted by Crippen LogP contribution is -2.52. The standard InChI is InChI=1S/C15H18N2O2/c18-15(13-7-12-1-2-14(13)19-12)17-8-11(9-17)10-3-5-16-6-4-10/h3-6,11-14H,1-2,7-9H2/t12-,13-,14+/m0/s1. The summed E-state index contributed by atoms with van der Waals surface area (Å²) in [4.78, 5) is 18.5. The number of amides is 1. The number of hydrogen-bond acceptors (Lipinski definition) is 3. The molecule has 4 rings (SSSR count). The first-order valence-corrected chi connectivity index (χ1v) is 7.15. The van der Waals surface area contributed by atoms with Crippen molar-refractivity contribution in [2.45, 2.75) is 37.4 Å². The first-order chi connectivity index (χ1) is 9.31. The largest absolute Gasteiger partial charge is 0.374 e. The number of fused-ring (bicyclic) bond motifs is 2. The van der Waals surface area contributed by atoms with Crippen LogP contribution in [-0.2, 0) is 9.53 Å². The number of likely N-dealkylation sites (tertiary alicyclic amines) is 1. The van der Waals surface area contributed by atoms with E-state index >= 15 is 0 Å². The van der Waals surface area contributed by atoms with E-state index in [1.807, 2.05) is 29.4 Å². The number of pyridine rings is 1. The highest BCUT2D eigenvalue weighted by atomic mass is 16.5. The second-order valence-corrected chi connectivity index (χ2v) is 5.94. The molecule has 3 atom stereocenters. The van der Waals surface area contributed by atoms with Gasteiger partial charge in [0.25, 0.3) is 0 Å². The summed E-state index contributed by atoms with van der Waals surface area (Å²) in [7, 11) is 0. The Kier molecular flexibility index (Phi) is 2.58. The molecule has 2 bridgehead atoms. The Bertz CT molecular complexity index is 484. The predicted molar refractivity (Wildman–Crippen MR) is 69.6 cm³/mol. The minimum Gasteiger partial charge on any atom is -0.374 e. The third-order valence-electron chi connectivity index (χ3n) is 4.79. The lowest BCUT2D eigenvalue weighted by molar-refractivity contribution is -0.141. The molecule has 4 heteroatoms. The lowest BCUT2D eigenvalue weighted by atomic mass is 9.85. The van der Waals surface area contributed by atoms with Gasteiger partial charge in [0.05, 0.1) is 18.1 Å². The molecule has 19 heavy (non-hydrogen) atoms. The molecular weight excluding hydrogens is 240 g/mol. The topological polar surface area (TPSA) is 42.4 Å². The number of carbonyl (C=O) groups excluding carboxylic acids is 1. The number of ether oxygens (including phenoxy) is 1. The van der Waals surface area contributed by atoms with Gasteiger partial charge in [-0.15, -0.1) is 0 Å². The van der Waals surface area contributed by atoms with Gasteiger partial charge < -0.3 is 9.64 Å². The minimum absolute atomic E-state index is 0.136. The van der Waals surface area contributed by atoms with E-state index in [0.717, 1.165) is 32.4 Å². The highest BCUT2D eigenvalue weighted by Crippen LogP contribution is 2.41. The quantitative estimate of drug-likeness (QED) is 0.808. The number of rotatable bonds is 2. The van der Waals surface area contributed by atoms with Gasteiger partial charge in [-0.25, -0.2) is 0 Å².